The van der Waals surface area contributed by atoms with E-state index in [1.54, 1.807) is 25.9 Å². The maximum absolute atomic E-state index is 13.0. The Morgan fingerprint density at radius 3 is 2.61 bits per heavy atom. The van der Waals surface area contributed by atoms with Crippen LogP contribution in [0.25, 0.3) is 0 Å². The van der Waals surface area contributed by atoms with Crippen LogP contribution in [0.4, 0.5) is 0 Å². The number of rotatable bonds is 5. The Morgan fingerprint density at radius 1 is 1.18 bits per heavy atom. The van der Waals surface area contributed by atoms with Gasteiger partial charge in [0.25, 0.3) is 0 Å². The standard InChI is InChI=1S/C19H26N4O4S/c1-14-19(15(2)21-20-14)28(25,26)23-10-6-9-22(11-12-23)18(24)13-16-7-4-5-8-17(16)27-3/h4-5,7-8H,6,9-13H2,1-3H3,(H,20,21). The summed E-state index contributed by atoms with van der Waals surface area (Å²) in [6, 6.07) is 7.43. The monoisotopic (exact) mass is 406 g/mol. The maximum Gasteiger partial charge on any atom is 0.246 e. The second-order valence-corrected chi connectivity index (χ2v) is 8.76. The van der Waals surface area contributed by atoms with Crippen LogP contribution in [0.2, 0.25) is 0 Å². The number of nitrogens with one attached hydrogen (secondary N) is 1. The van der Waals surface area contributed by atoms with Crippen LogP contribution in [-0.2, 0) is 21.2 Å². The quantitative estimate of drug-likeness (QED) is 0.812. The lowest BCUT2D eigenvalue weighted by Crippen LogP contribution is -2.38. The summed E-state index contributed by atoms with van der Waals surface area (Å²) in [6.07, 6.45) is 0.823. The predicted molar refractivity (Wildman–Crippen MR) is 105 cm³/mol. The number of hydrogen-bond donors (Lipinski definition) is 1. The van der Waals surface area contributed by atoms with E-state index >= 15 is 0 Å². The summed E-state index contributed by atoms with van der Waals surface area (Å²) in [5.41, 5.74) is 1.82. The molecule has 28 heavy (non-hydrogen) atoms. The molecule has 0 unspecified atom stereocenters. The van der Waals surface area contributed by atoms with Crippen LogP contribution in [0.15, 0.2) is 29.2 Å². The van der Waals surface area contributed by atoms with Gasteiger partial charge in [0.15, 0.2) is 0 Å². The lowest BCUT2D eigenvalue weighted by molar-refractivity contribution is -0.130. The van der Waals surface area contributed by atoms with Crippen LogP contribution >= 0.6 is 0 Å². The third-order valence-corrected chi connectivity index (χ3v) is 7.16. The minimum atomic E-state index is -3.64. The fraction of sp³-hybridized carbons (Fsp3) is 0.474. The zero-order valence-electron chi connectivity index (χ0n) is 16.4. The van der Waals surface area contributed by atoms with Crippen LogP contribution in [-0.4, -0.2) is 67.0 Å². The molecule has 1 aliphatic heterocycles. The van der Waals surface area contributed by atoms with Gasteiger partial charge in [-0.2, -0.15) is 9.40 Å². The molecule has 1 saturated heterocycles. The van der Waals surface area contributed by atoms with Gasteiger partial charge < -0.3 is 9.64 Å². The molecular weight excluding hydrogens is 380 g/mol. The van der Waals surface area contributed by atoms with Gasteiger partial charge in [-0.15, -0.1) is 0 Å². The second kappa shape index (κ2) is 8.32. The predicted octanol–water partition coefficient (Wildman–Crippen LogP) is 1.50. The highest BCUT2D eigenvalue weighted by molar-refractivity contribution is 7.89. The number of sulfonamides is 1. The number of carbonyl (C=O) groups is 1. The molecule has 2 aromatic rings. The molecule has 0 radical (unpaired) electrons. The molecule has 0 aliphatic carbocycles. The third kappa shape index (κ3) is 4.05. The largest absolute Gasteiger partial charge is 0.496 e. The maximum atomic E-state index is 13.0. The lowest BCUT2D eigenvalue weighted by atomic mass is 10.1. The normalized spacial score (nSPS) is 16.0. The smallest absolute Gasteiger partial charge is 0.246 e. The first-order chi connectivity index (χ1) is 13.3. The number of carbonyl (C=O) groups excluding carboxylic acids is 1. The van der Waals surface area contributed by atoms with Crippen molar-refractivity contribution in [1.82, 2.24) is 19.4 Å². The molecule has 1 aromatic heterocycles. The Morgan fingerprint density at radius 2 is 1.93 bits per heavy atom. The van der Waals surface area contributed by atoms with Crippen molar-refractivity contribution in [3.63, 3.8) is 0 Å². The first kappa shape index (κ1) is 20.3. The zero-order chi connectivity index (χ0) is 20.3. The van der Waals surface area contributed by atoms with Gasteiger partial charge >= 0.3 is 0 Å². The van der Waals surface area contributed by atoms with Gasteiger partial charge in [0, 0.05) is 31.7 Å². The Hall–Kier alpha value is -2.39. The van der Waals surface area contributed by atoms with Gasteiger partial charge in [-0.3, -0.25) is 9.89 Å². The van der Waals surface area contributed by atoms with Crippen LogP contribution < -0.4 is 4.74 Å². The second-order valence-electron chi connectivity index (χ2n) is 6.89. The fourth-order valence-electron chi connectivity index (χ4n) is 3.56. The number of benzene rings is 1. The van der Waals surface area contributed by atoms with Crippen molar-refractivity contribution in [3.8, 4) is 5.75 Å². The molecule has 3 rings (SSSR count). The van der Waals surface area contributed by atoms with Crippen LogP contribution in [0.1, 0.15) is 23.4 Å². The molecule has 0 saturated carbocycles. The first-order valence-corrected chi connectivity index (χ1v) is 10.7. The minimum absolute atomic E-state index is 0.0283. The molecular formula is C19H26N4O4S. The molecule has 1 aliphatic rings. The highest BCUT2D eigenvalue weighted by atomic mass is 32.2. The summed E-state index contributed by atoms with van der Waals surface area (Å²) in [6.45, 7) is 4.92. The number of aromatic nitrogens is 2. The van der Waals surface area contributed by atoms with Gasteiger partial charge in [0.2, 0.25) is 15.9 Å². The zero-order valence-corrected chi connectivity index (χ0v) is 17.3. The van der Waals surface area contributed by atoms with Crippen LogP contribution in [0, 0.1) is 13.8 Å². The summed E-state index contributed by atoms with van der Waals surface area (Å²) >= 11 is 0. The van der Waals surface area contributed by atoms with Gasteiger partial charge in [-0.25, -0.2) is 8.42 Å². The van der Waals surface area contributed by atoms with E-state index in [2.05, 4.69) is 10.2 Å². The summed E-state index contributed by atoms with van der Waals surface area (Å²) < 4.78 is 32.8. The van der Waals surface area contributed by atoms with E-state index in [9.17, 15) is 13.2 Å². The number of amides is 1. The van der Waals surface area contributed by atoms with Crippen molar-refractivity contribution >= 4 is 15.9 Å². The van der Waals surface area contributed by atoms with Gasteiger partial charge in [-0.05, 0) is 26.3 Å². The van der Waals surface area contributed by atoms with E-state index < -0.39 is 10.0 Å². The Labute approximate surface area is 165 Å². The lowest BCUT2D eigenvalue weighted by Gasteiger charge is -2.22. The topological polar surface area (TPSA) is 95.6 Å². The molecule has 1 fully saturated rings. The average molecular weight is 407 g/mol. The molecule has 2 heterocycles. The van der Waals surface area contributed by atoms with Crippen LogP contribution in [0.5, 0.6) is 5.75 Å². The number of ether oxygens (including phenoxy) is 1. The van der Waals surface area contributed by atoms with E-state index in [0.29, 0.717) is 43.2 Å². The van der Waals surface area contributed by atoms with E-state index in [4.69, 9.17) is 4.74 Å². The van der Waals surface area contributed by atoms with E-state index in [-0.39, 0.29) is 23.8 Å². The Kier molecular flexibility index (Phi) is 6.04. The van der Waals surface area contributed by atoms with Crippen molar-refractivity contribution in [3.05, 3.63) is 41.2 Å². The number of hydrogen-bond acceptors (Lipinski definition) is 5. The molecule has 0 spiro atoms. The number of methoxy groups -OCH3 is 1. The summed E-state index contributed by atoms with van der Waals surface area (Å²) in [7, 11) is -2.06. The average Bonchev–Trinajstić information content (AvgIpc) is 2.87. The number of H-pyrrole nitrogens is 1. The van der Waals surface area contributed by atoms with Crippen molar-refractivity contribution in [2.45, 2.75) is 31.6 Å². The molecule has 152 valence electrons. The molecule has 0 bridgehead atoms. The third-order valence-electron chi connectivity index (χ3n) is 5.00. The minimum Gasteiger partial charge on any atom is -0.496 e. The molecule has 9 heteroatoms. The highest BCUT2D eigenvalue weighted by Gasteiger charge is 2.31. The van der Waals surface area contributed by atoms with E-state index in [1.165, 1.54) is 4.31 Å². The summed E-state index contributed by atoms with van der Waals surface area (Å²) in [4.78, 5) is 14.7. The van der Waals surface area contributed by atoms with Crippen LogP contribution in [0.3, 0.4) is 0 Å². The van der Waals surface area contributed by atoms with Gasteiger partial charge in [0.1, 0.15) is 10.6 Å². The van der Waals surface area contributed by atoms with Crippen molar-refractivity contribution in [1.29, 1.82) is 0 Å². The number of aromatic amines is 1. The summed E-state index contributed by atoms with van der Waals surface area (Å²) in [5, 5.41) is 6.73. The van der Waals surface area contributed by atoms with Crippen molar-refractivity contribution < 1.29 is 17.9 Å². The fourth-order valence-corrected chi connectivity index (χ4v) is 5.36. The Balaban J connectivity index is 1.70. The first-order valence-electron chi connectivity index (χ1n) is 9.26. The molecule has 1 N–H and O–H groups in total. The van der Waals surface area contributed by atoms with E-state index in [0.717, 1.165) is 5.56 Å². The van der Waals surface area contributed by atoms with E-state index in [1.807, 2.05) is 24.3 Å². The molecule has 8 nitrogen and oxygen atoms in total. The molecule has 0 atom stereocenters. The van der Waals surface area contributed by atoms with Gasteiger partial charge in [0.05, 0.1) is 24.9 Å². The highest BCUT2D eigenvalue weighted by Crippen LogP contribution is 2.23. The number of para-hydroxylation sites is 1. The number of aryl methyl sites for hydroxylation is 2. The Bertz CT molecular complexity index is 935. The van der Waals surface area contributed by atoms with Crippen molar-refractivity contribution in [2.75, 3.05) is 33.3 Å². The number of nitrogens with zero attached hydrogens (tertiary/aromatic N) is 3. The van der Waals surface area contributed by atoms with Crippen molar-refractivity contribution in [2.24, 2.45) is 0 Å². The molecule has 1 aromatic carbocycles. The summed E-state index contributed by atoms with van der Waals surface area (Å²) in [5.74, 6) is 0.653. The SMILES string of the molecule is COc1ccccc1CC(=O)N1CCCN(S(=O)(=O)c2c(C)n[nH]c2C)CC1. The molecule has 1 amide bonds. The van der Waals surface area contributed by atoms with Gasteiger partial charge in [-0.1, -0.05) is 18.2 Å².